The molecular formula is C26H36N6O2. The molecule has 4 heterocycles. The number of rotatable bonds is 4. The van der Waals surface area contributed by atoms with Crippen LogP contribution >= 0.6 is 0 Å². The Bertz CT molecular complexity index is 1080. The normalized spacial score (nSPS) is 27.9. The van der Waals surface area contributed by atoms with Crippen molar-refractivity contribution in [1.29, 1.82) is 0 Å². The molecule has 2 aromatic rings. The van der Waals surface area contributed by atoms with Gasteiger partial charge in [0.25, 0.3) is 0 Å². The molecule has 0 radical (unpaired) electrons. The number of piperazine rings is 1. The third-order valence-corrected chi connectivity index (χ3v) is 8.04. The SMILES string of the molecule is CC1(C)CC2CC(C)(CN2c2ncnc(N3CCN(Cc4ccc5c(c4)OCO5)CC3)c2N)C1. The van der Waals surface area contributed by atoms with E-state index in [1.165, 1.54) is 24.8 Å². The van der Waals surface area contributed by atoms with Crippen molar-refractivity contribution in [2.75, 3.05) is 55.1 Å². The molecule has 1 aromatic carbocycles. The summed E-state index contributed by atoms with van der Waals surface area (Å²) in [4.78, 5) is 16.6. The Hall–Kier alpha value is -2.74. The highest BCUT2D eigenvalue weighted by atomic mass is 16.7. The number of hydrogen-bond acceptors (Lipinski definition) is 8. The molecule has 1 saturated carbocycles. The molecule has 2 saturated heterocycles. The Kier molecular flexibility index (Phi) is 5.06. The molecule has 8 heteroatoms. The van der Waals surface area contributed by atoms with E-state index in [1.807, 2.05) is 6.07 Å². The molecule has 0 spiro atoms. The van der Waals surface area contributed by atoms with E-state index in [1.54, 1.807) is 6.33 Å². The lowest BCUT2D eigenvalue weighted by Crippen LogP contribution is -2.46. The number of aromatic nitrogens is 2. The minimum absolute atomic E-state index is 0.314. The molecule has 2 atom stereocenters. The van der Waals surface area contributed by atoms with Gasteiger partial charge in [-0.15, -0.1) is 0 Å². The molecule has 182 valence electrons. The van der Waals surface area contributed by atoms with Crippen molar-refractivity contribution < 1.29 is 9.47 Å². The molecule has 0 amide bonds. The summed E-state index contributed by atoms with van der Waals surface area (Å²) in [6.45, 7) is 13.2. The quantitative estimate of drug-likeness (QED) is 0.736. The van der Waals surface area contributed by atoms with Crippen LogP contribution in [0.2, 0.25) is 0 Å². The van der Waals surface area contributed by atoms with Gasteiger partial charge in [-0.05, 0) is 47.8 Å². The molecule has 34 heavy (non-hydrogen) atoms. The fourth-order valence-electron chi connectivity index (χ4n) is 6.98. The molecule has 4 aliphatic rings. The lowest BCUT2D eigenvalue weighted by molar-refractivity contribution is 0.136. The van der Waals surface area contributed by atoms with Crippen LogP contribution in [0.15, 0.2) is 24.5 Å². The first kappa shape index (κ1) is 21.8. The van der Waals surface area contributed by atoms with Gasteiger partial charge in [0.1, 0.15) is 12.0 Å². The highest BCUT2D eigenvalue weighted by Crippen LogP contribution is 2.54. The first-order chi connectivity index (χ1) is 16.3. The number of anilines is 3. The Morgan fingerprint density at radius 2 is 1.76 bits per heavy atom. The van der Waals surface area contributed by atoms with Gasteiger partial charge in [-0.3, -0.25) is 4.90 Å². The molecule has 2 unspecified atom stereocenters. The Balaban J connectivity index is 1.14. The van der Waals surface area contributed by atoms with Crippen LogP contribution in [-0.2, 0) is 6.54 Å². The predicted octanol–water partition coefficient (Wildman–Crippen LogP) is 3.51. The van der Waals surface area contributed by atoms with E-state index in [-0.39, 0.29) is 0 Å². The maximum Gasteiger partial charge on any atom is 0.231 e. The third-order valence-electron chi connectivity index (χ3n) is 8.04. The predicted molar refractivity (Wildman–Crippen MR) is 133 cm³/mol. The summed E-state index contributed by atoms with van der Waals surface area (Å²) in [6.07, 6.45) is 5.39. The minimum atomic E-state index is 0.314. The number of nitrogen functional groups attached to an aromatic ring is 1. The molecule has 3 aliphatic heterocycles. The number of nitrogens with two attached hydrogens (primary N) is 1. The molecule has 3 fully saturated rings. The smallest absolute Gasteiger partial charge is 0.231 e. The number of benzene rings is 1. The summed E-state index contributed by atoms with van der Waals surface area (Å²) in [5.41, 5.74) is 9.44. The monoisotopic (exact) mass is 464 g/mol. The van der Waals surface area contributed by atoms with Gasteiger partial charge in [0.2, 0.25) is 6.79 Å². The van der Waals surface area contributed by atoms with Crippen LogP contribution in [0, 0.1) is 10.8 Å². The van der Waals surface area contributed by atoms with Crippen LogP contribution < -0.4 is 25.0 Å². The summed E-state index contributed by atoms with van der Waals surface area (Å²) in [6, 6.07) is 6.74. The molecule has 2 bridgehead atoms. The summed E-state index contributed by atoms with van der Waals surface area (Å²) in [5, 5.41) is 0. The lowest BCUT2D eigenvalue weighted by atomic mass is 9.65. The average molecular weight is 465 g/mol. The van der Waals surface area contributed by atoms with Gasteiger partial charge >= 0.3 is 0 Å². The van der Waals surface area contributed by atoms with Crippen molar-refractivity contribution >= 4 is 17.3 Å². The Morgan fingerprint density at radius 1 is 1.00 bits per heavy atom. The number of fused-ring (bicyclic) bond motifs is 3. The maximum atomic E-state index is 6.75. The van der Waals surface area contributed by atoms with E-state index >= 15 is 0 Å². The van der Waals surface area contributed by atoms with Crippen LogP contribution in [0.25, 0.3) is 0 Å². The van der Waals surface area contributed by atoms with Gasteiger partial charge in [-0.25, -0.2) is 9.97 Å². The van der Waals surface area contributed by atoms with Crippen LogP contribution in [0.1, 0.15) is 45.6 Å². The van der Waals surface area contributed by atoms with E-state index in [2.05, 4.69) is 57.6 Å². The molecule has 1 aliphatic carbocycles. The van der Waals surface area contributed by atoms with Crippen LogP contribution in [0.5, 0.6) is 11.5 Å². The van der Waals surface area contributed by atoms with Crippen molar-refractivity contribution in [3.05, 3.63) is 30.1 Å². The second-order valence-corrected chi connectivity index (χ2v) is 11.7. The van der Waals surface area contributed by atoms with E-state index in [4.69, 9.17) is 15.2 Å². The van der Waals surface area contributed by atoms with Gasteiger partial charge < -0.3 is 25.0 Å². The van der Waals surface area contributed by atoms with Crippen molar-refractivity contribution in [3.63, 3.8) is 0 Å². The fourth-order valence-corrected chi connectivity index (χ4v) is 6.98. The minimum Gasteiger partial charge on any atom is -0.454 e. The topological polar surface area (TPSA) is 80.0 Å². The van der Waals surface area contributed by atoms with Crippen LogP contribution in [-0.4, -0.2) is 60.4 Å². The molecule has 1 aromatic heterocycles. The third kappa shape index (κ3) is 3.91. The summed E-state index contributed by atoms with van der Waals surface area (Å²) < 4.78 is 11.0. The molecule has 2 N–H and O–H groups in total. The number of hydrogen-bond donors (Lipinski definition) is 1. The van der Waals surface area contributed by atoms with Gasteiger partial charge in [0.05, 0.1) is 0 Å². The van der Waals surface area contributed by atoms with Crippen LogP contribution in [0.4, 0.5) is 17.3 Å². The van der Waals surface area contributed by atoms with Gasteiger partial charge in [-0.1, -0.05) is 26.8 Å². The zero-order valence-corrected chi connectivity index (χ0v) is 20.6. The average Bonchev–Trinajstić information content (AvgIpc) is 3.35. The van der Waals surface area contributed by atoms with E-state index in [9.17, 15) is 0 Å². The second-order valence-electron chi connectivity index (χ2n) is 11.7. The zero-order chi connectivity index (χ0) is 23.5. The summed E-state index contributed by atoms with van der Waals surface area (Å²) in [5.74, 6) is 3.50. The van der Waals surface area contributed by atoms with Gasteiger partial charge in [0, 0.05) is 45.3 Å². The summed E-state index contributed by atoms with van der Waals surface area (Å²) in [7, 11) is 0. The first-order valence-corrected chi connectivity index (χ1v) is 12.5. The maximum absolute atomic E-state index is 6.75. The molecular weight excluding hydrogens is 428 g/mol. The van der Waals surface area contributed by atoms with Crippen molar-refractivity contribution in [1.82, 2.24) is 14.9 Å². The van der Waals surface area contributed by atoms with Gasteiger partial charge in [-0.2, -0.15) is 0 Å². The van der Waals surface area contributed by atoms with Crippen molar-refractivity contribution in [2.24, 2.45) is 10.8 Å². The highest BCUT2D eigenvalue weighted by Gasteiger charge is 2.50. The summed E-state index contributed by atoms with van der Waals surface area (Å²) >= 11 is 0. The second kappa shape index (κ2) is 7.90. The standard InChI is InChI=1S/C26H36N6O2/c1-25(2)11-19-12-26(3,14-25)15-32(19)24-22(27)23(28-16-29-24)31-8-6-30(7-9-31)13-18-4-5-20-21(10-18)34-17-33-20/h4-5,10,16,19H,6-9,11-15,17,27H2,1-3H3. The van der Waals surface area contributed by atoms with Crippen LogP contribution in [0.3, 0.4) is 0 Å². The molecule has 6 rings (SSSR count). The van der Waals surface area contributed by atoms with E-state index in [0.29, 0.717) is 23.7 Å². The van der Waals surface area contributed by atoms with Crippen molar-refractivity contribution in [3.8, 4) is 11.5 Å². The number of ether oxygens (including phenoxy) is 2. The van der Waals surface area contributed by atoms with E-state index < -0.39 is 0 Å². The van der Waals surface area contributed by atoms with Crippen molar-refractivity contribution in [2.45, 2.75) is 52.6 Å². The highest BCUT2D eigenvalue weighted by molar-refractivity contribution is 5.76. The first-order valence-electron chi connectivity index (χ1n) is 12.5. The van der Waals surface area contributed by atoms with E-state index in [0.717, 1.165) is 68.1 Å². The fraction of sp³-hybridized carbons (Fsp3) is 0.615. The number of nitrogens with zero attached hydrogens (tertiary/aromatic N) is 5. The lowest BCUT2D eigenvalue weighted by Gasteiger charge is -2.39. The largest absolute Gasteiger partial charge is 0.454 e. The zero-order valence-electron chi connectivity index (χ0n) is 20.6. The molecule has 8 nitrogen and oxygen atoms in total. The Labute approximate surface area is 202 Å². The van der Waals surface area contributed by atoms with Gasteiger partial charge in [0.15, 0.2) is 23.1 Å². The Morgan fingerprint density at radius 3 is 2.59 bits per heavy atom.